The number of piperidine rings is 1. The molecule has 7 heteroatoms. The number of ether oxygens (including phenoxy) is 1. The molecule has 1 saturated heterocycles. The highest BCUT2D eigenvalue weighted by molar-refractivity contribution is 7.89. The van der Waals surface area contributed by atoms with Crippen LogP contribution < -0.4 is 9.46 Å². The summed E-state index contributed by atoms with van der Waals surface area (Å²) in [6.45, 7) is 5.66. The van der Waals surface area contributed by atoms with Crippen molar-refractivity contribution < 1.29 is 17.9 Å². The second-order valence-corrected chi connectivity index (χ2v) is 7.82. The van der Waals surface area contributed by atoms with Gasteiger partial charge in [-0.15, -0.1) is 0 Å². The summed E-state index contributed by atoms with van der Waals surface area (Å²) in [6, 6.07) is 4.68. The first kappa shape index (κ1) is 18.7. The molecule has 1 aromatic carbocycles. The highest BCUT2D eigenvalue weighted by atomic mass is 32.2. The summed E-state index contributed by atoms with van der Waals surface area (Å²) in [5.41, 5.74) is 0.695. The van der Waals surface area contributed by atoms with E-state index in [0.29, 0.717) is 17.9 Å². The number of carbonyl (C=O) groups excluding carboxylic acids is 1. The molecule has 0 radical (unpaired) electrons. The minimum Gasteiger partial charge on any atom is -0.483 e. The normalized spacial score (nSPS) is 15.3. The van der Waals surface area contributed by atoms with Gasteiger partial charge in [-0.2, -0.15) is 0 Å². The van der Waals surface area contributed by atoms with Crippen LogP contribution in [-0.2, 0) is 14.8 Å². The minimum absolute atomic E-state index is 0.0129. The van der Waals surface area contributed by atoms with Gasteiger partial charge in [0, 0.05) is 19.6 Å². The van der Waals surface area contributed by atoms with E-state index in [1.807, 2.05) is 11.8 Å². The molecule has 0 unspecified atom stereocenters. The number of hydrogen-bond donors (Lipinski definition) is 1. The van der Waals surface area contributed by atoms with Crippen LogP contribution in [0.3, 0.4) is 0 Å². The van der Waals surface area contributed by atoms with E-state index in [9.17, 15) is 13.2 Å². The highest BCUT2D eigenvalue weighted by Gasteiger charge is 2.18. The van der Waals surface area contributed by atoms with Gasteiger partial charge in [0.2, 0.25) is 10.0 Å². The maximum absolute atomic E-state index is 12.1. The predicted octanol–water partition coefficient (Wildman–Crippen LogP) is 2.07. The molecule has 1 N–H and O–H groups in total. The van der Waals surface area contributed by atoms with Gasteiger partial charge in [0.1, 0.15) is 5.75 Å². The van der Waals surface area contributed by atoms with Crippen molar-refractivity contribution in [1.29, 1.82) is 0 Å². The highest BCUT2D eigenvalue weighted by Crippen LogP contribution is 2.22. The molecule has 0 spiro atoms. The fourth-order valence-corrected chi connectivity index (χ4v) is 3.86. The van der Waals surface area contributed by atoms with Crippen LogP contribution >= 0.6 is 0 Å². The molecular weight excluding hydrogens is 328 g/mol. The van der Waals surface area contributed by atoms with Crippen LogP contribution in [0.4, 0.5) is 0 Å². The van der Waals surface area contributed by atoms with E-state index in [-0.39, 0.29) is 17.4 Å². The monoisotopic (exact) mass is 354 g/mol. The summed E-state index contributed by atoms with van der Waals surface area (Å²) >= 11 is 0. The Morgan fingerprint density at radius 3 is 2.58 bits per heavy atom. The van der Waals surface area contributed by atoms with Crippen molar-refractivity contribution in [2.75, 3.05) is 26.2 Å². The lowest BCUT2D eigenvalue weighted by Crippen LogP contribution is -2.38. The Kier molecular flexibility index (Phi) is 6.62. The van der Waals surface area contributed by atoms with Crippen molar-refractivity contribution in [3.05, 3.63) is 23.8 Å². The van der Waals surface area contributed by atoms with Crippen molar-refractivity contribution in [2.45, 2.75) is 44.4 Å². The molecule has 0 bridgehead atoms. The molecule has 1 amide bonds. The Hall–Kier alpha value is -1.60. The average molecular weight is 354 g/mol. The summed E-state index contributed by atoms with van der Waals surface area (Å²) < 4.78 is 32.4. The van der Waals surface area contributed by atoms with E-state index in [2.05, 4.69) is 4.72 Å². The van der Waals surface area contributed by atoms with Gasteiger partial charge in [-0.25, -0.2) is 13.1 Å². The van der Waals surface area contributed by atoms with Gasteiger partial charge >= 0.3 is 0 Å². The Morgan fingerprint density at radius 2 is 1.96 bits per heavy atom. The van der Waals surface area contributed by atoms with Gasteiger partial charge in [0.25, 0.3) is 5.91 Å². The molecule has 0 aliphatic carbocycles. The number of sulfonamides is 1. The third-order valence-electron chi connectivity index (χ3n) is 4.06. The number of rotatable bonds is 7. The predicted molar refractivity (Wildman–Crippen MR) is 92.6 cm³/mol. The molecular formula is C17H26N2O4S. The fourth-order valence-electron chi connectivity index (χ4n) is 2.64. The maximum atomic E-state index is 12.1. The van der Waals surface area contributed by atoms with Crippen LogP contribution in [0.15, 0.2) is 23.1 Å². The van der Waals surface area contributed by atoms with Crippen molar-refractivity contribution in [2.24, 2.45) is 0 Å². The number of nitrogens with zero attached hydrogens (tertiary/aromatic N) is 1. The third kappa shape index (κ3) is 4.95. The summed E-state index contributed by atoms with van der Waals surface area (Å²) in [4.78, 5) is 14.2. The fraction of sp³-hybridized carbons (Fsp3) is 0.588. The van der Waals surface area contributed by atoms with Crippen LogP contribution in [0.25, 0.3) is 0 Å². The summed E-state index contributed by atoms with van der Waals surface area (Å²) in [5.74, 6) is 0.519. The third-order valence-corrected chi connectivity index (χ3v) is 5.52. The lowest BCUT2D eigenvalue weighted by atomic mass is 10.1. The summed E-state index contributed by atoms with van der Waals surface area (Å²) in [7, 11) is -3.49. The van der Waals surface area contributed by atoms with Gasteiger partial charge in [-0.05, 0) is 56.4 Å². The first-order chi connectivity index (χ1) is 11.4. The van der Waals surface area contributed by atoms with Crippen molar-refractivity contribution in [3.8, 4) is 5.75 Å². The molecule has 1 aromatic rings. The molecule has 24 heavy (non-hydrogen) atoms. The van der Waals surface area contributed by atoms with Crippen molar-refractivity contribution >= 4 is 15.9 Å². The van der Waals surface area contributed by atoms with E-state index in [1.54, 1.807) is 19.1 Å². The van der Waals surface area contributed by atoms with Crippen LogP contribution in [0, 0.1) is 6.92 Å². The van der Waals surface area contributed by atoms with Crippen LogP contribution in [0.2, 0.25) is 0 Å². The molecule has 134 valence electrons. The standard InChI is InChI=1S/C17H26N2O4S/c1-3-9-18-24(21,22)15-7-8-16(14(2)12-15)23-13-17(20)19-10-5-4-6-11-19/h7-8,12,18H,3-6,9-11,13H2,1-2H3. The van der Waals surface area contributed by atoms with Crippen molar-refractivity contribution in [1.82, 2.24) is 9.62 Å². The Bertz CT molecular complexity index is 667. The van der Waals surface area contributed by atoms with Gasteiger partial charge in [-0.3, -0.25) is 4.79 Å². The number of aryl methyl sites for hydroxylation is 1. The van der Waals surface area contributed by atoms with Crippen LogP contribution in [-0.4, -0.2) is 45.5 Å². The van der Waals surface area contributed by atoms with Crippen LogP contribution in [0.5, 0.6) is 5.75 Å². The Morgan fingerprint density at radius 1 is 1.25 bits per heavy atom. The second-order valence-electron chi connectivity index (χ2n) is 6.06. The molecule has 0 atom stereocenters. The largest absolute Gasteiger partial charge is 0.483 e. The molecule has 1 aliphatic rings. The zero-order valence-electron chi connectivity index (χ0n) is 14.4. The molecule has 0 aromatic heterocycles. The minimum atomic E-state index is -3.49. The zero-order valence-corrected chi connectivity index (χ0v) is 15.2. The molecule has 0 saturated carbocycles. The van der Waals surface area contributed by atoms with E-state index in [0.717, 1.165) is 32.4 Å². The van der Waals surface area contributed by atoms with E-state index < -0.39 is 10.0 Å². The average Bonchev–Trinajstić information content (AvgIpc) is 2.59. The van der Waals surface area contributed by atoms with Gasteiger partial charge < -0.3 is 9.64 Å². The van der Waals surface area contributed by atoms with Gasteiger partial charge in [0.05, 0.1) is 4.90 Å². The number of hydrogen-bond acceptors (Lipinski definition) is 4. The quantitative estimate of drug-likeness (QED) is 0.813. The molecule has 1 aliphatic heterocycles. The SMILES string of the molecule is CCCNS(=O)(=O)c1ccc(OCC(=O)N2CCCCC2)c(C)c1. The zero-order chi connectivity index (χ0) is 17.6. The Balaban J connectivity index is 1.98. The number of nitrogens with one attached hydrogen (secondary N) is 1. The number of likely N-dealkylation sites (tertiary alicyclic amines) is 1. The molecule has 1 fully saturated rings. The van der Waals surface area contributed by atoms with Gasteiger partial charge in [0.15, 0.2) is 6.61 Å². The van der Waals surface area contributed by atoms with Gasteiger partial charge in [-0.1, -0.05) is 6.92 Å². The number of carbonyl (C=O) groups is 1. The molecule has 1 heterocycles. The van der Waals surface area contributed by atoms with Crippen molar-refractivity contribution in [3.63, 3.8) is 0 Å². The Labute approximate surface area is 144 Å². The second kappa shape index (κ2) is 8.48. The van der Waals surface area contributed by atoms with Crippen LogP contribution in [0.1, 0.15) is 38.2 Å². The topological polar surface area (TPSA) is 75.7 Å². The summed E-state index contributed by atoms with van der Waals surface area (Å²) in [5, 5.41) is 0. The van der Waals surface area contributed by atoms with E-state index >= 15 is 0 Å². The molecule has 2 rings (SSSR count). The lowest BCUT2D eigenvalue weighted by molar-refractivity contribution is -0.134. The maximum Gasteiger partial charge on any atom is 0.260 e. The van der Waals surface area contributed by atoms with E-state index in [1.165, 1.54) is 12.5 Å². The lowest BCUT2D eigenvalue weighted by Gasteiger charge is -2.26. The number of benzene rings is 1. The van der Waals surface area contributed by atoms with E-state index in [4.69, 9.17) is 4.74 Å². The first-order valence-corrected chi connectivity index (χ1v) is 9.93. The smallest absolute Gasteiger partial charge is 0.260 e. The summed E-state index contributed by atoms with van der Waals surface area (Å²) in [6.07, 6.45) is 3.99. The number of amides is 1. The first-order valence-electron chi connectivity index (χ1n) is 8.45. The molecule has 6 nitrogen and oxygen atoms in total.